The number of anilines is 1. The Morgan fingerprint density at radius 3 is 2.37 bits per heavy atom. The lowest BCUT2D eigenvalue weighted by molar-refractivity contribution is 0.0805. The van der Waals surface area contributed by atoms with E-state index >= 15 is 0 Å². The van der Waals surface area contributed by atoms with Crippen LogP contribution >= 0.6 is 0 Å². The summed E-state index contributed by atoms with van der Waals surface area (Å²) in [6, 6.07) is 15.3. The average molecular weight is 615 g/mol. The van der Waals surface area contributed by atoms with Crippen LogP contribution in [0.5, 0.6) is 0 Å². The Hall–Kier alpha value is -5.12. The van der Waals surface area contributed by atoms with Gasteiger partial charge < -0.3 is 20.2 Å². The number of carbonyl (C=O) groups excluding carboxylic acids is 1. The van der Waals surface area contributed by atoms with Crippen molar-refractivity contribution in [1.82, 2.24) is 34.4 Å². The zero-order valence-electron chi connectivity index (χ0n) is 25.9. The third-order valence-corrected chi connectivity index (χ3v) is 10.1. The molecule has 0 saturated heterocycles. The van der Waals surface area contributed by atoms with Crippen LogP contribution < -0.4 is 11.1 Å². The zero-order valence-corrected chi connectivity index (χ0v) is 25.9. The number of rotatable bonds is 6. The second-order valence-electron chi connectivity index (χ2n) is 12.8. The molecule has 232 valence electrons. The monoisotopic (exact) mass is 614 g/mol. The average Bonchev–Trinajstić information content (AvgIpc) is 3.77. The number of pyridine rings is 1. The van der Waals surface area contributed by atoms with Gasteiger partial charge in [0.15, 0.2) is 0 Å². The maximum atomic E-state index is 14.0. The fourth-order valence-electron chi connectivity index (χ4n) is 7.57. The fourth-order valence-corrected chi connectivity index (χ4v) is 7.57. The van der Waals surface area contributed by atoms with E-state index < -0.39 is 5.54 Å². The SMILES string of the molecule is Cn1c(C2(NC(=O)c3ccc4c(C5CCCC5)c(-c5ccc(F)cn5)n(C)c4c3)CCC2)nc2ccc(-c3cnc(N)nc3)cc21. The van der Waals surface area contributed by atoms with Crippen molar-refractivity contribution in [2.24, 2.45) is 14.1 Å². The molecule has 0 bridgehead atoms. The first-order valence-corrected chi connectivity index (χ1v) is 15.9. The Kier molecular flexibility index (Phi) is 6.63. The maximum absolute atomic E-state index is 14.0. The largest absolute Gasteiger partial charge is 0.368 e. The van der Waals surface area contributed by atoms with Gasteiger partial charge in [-0.1, -0.05) is 25.0 Å². The number of benzene rings is 2. The van der Waals surface area contributed by atoms with Crippen molar-refractivity contribution in [3.8, 4) is 22.5 Å². The van der Waals surface area contributed by atoms with Crippen LogP contribution in [-0.2, 0) is 19.6 Å². The van der Waals surface area contributed by atoms with Gasteiger partial charge in [0.25, 0.3) is 5.91 Å². The predicted octanol–water partition coefficient (Wildman–Crippen LogP) is 6.77. The summed E-state index contributed by atoms with van der Waals surface area (Å²) in [5.41, 5.74) is 13.4. The molecule has 2 fully saturated rings. The number of nitrogen functional groups attached to an aromatic ring is 1. The van der Waals surface area contributed by atoms with Crippen molar-refractivity contribution in [3.05, 3.63) is 89.9 Å². The van der Waals surface area contributed by atoms with E-state index in [4.69, 9.17) is 10.7 Å². The van der Waals surface area contributed by atoms with E-state index in [-0.39, 0.29) is 17.7 Å². The molecular formula is C36H35FN8O. The van der Waals surface area contributed by atoms with Gasteiger partial charge in [-0.25, -0.2) is 19.3 Å². The van der Waals surface area contributed by atoms with E-state index in [1.807, 2.05) is 38.4 Å². The van der Waals surface area contributed by atoms with Gasteiger partial charge >= 0.3 is 0 Å². The number of hydrogen-bond donors (Lipinski definition) is 2. The third-order valence-electron chi connectivity index (χ3n) is 10.1. The highest BCUT2D eigenvalue weighted by molar-refractivity contribution is 6.01. The second kappa shape index (κ2) is 10.8. The molecule has 2 saturated carbocycles. The highest BCUT2D eigenvalue weighted by Gasteiger charge is 2.44. The normalized spacial score (nSPS) is 16.2. The first-order chi connectivity index (χ1) is 22.3. The van der Waals surface area contributed by atoms with Crippen LogP contribution in [0.25, 0.3) is 44.5 Å². The predicted molar refractivity (Wildman–Crippen MR) is 176 cm³/mol. The number of aryl methyl sites for hydroxylation is 2. The Labute approximate surface area is 265 Å². The van der Waals surface area contributed by atoms with Gasteiger partial charge in [0.1, 0.15) is 11.6 Å². The standard InChI is InChI=1S/C36H35FN8O/c1-44-29-17-23(8-11-26(29)31(21-6-3-4-7-21)32(44)28-13-10-25(37)20-39-28)33(46)43-36(14-5-15-36)34-42-27-12-9-22(16-30(27)45(34)2)24-18-40-35(38)41-19-24/h8-13,16-21H,3-7,14-15H2,1-2H3,(H,43,46)(H2,38,40,41). The molecule has 4 heterocycles. The topological polar surface area (TPSA) is 117 Å². The van der Waals surface area contributed by atoms with Crippen molar-refractivity contribution >= 4 is 33.8 Å². The van der Waals surface area contributed by atoms with E-state index in [1.54, 1.807) is 18.5 Å². The molecule has 4 aromatic heterocycles. The number of aromatic nitrogens is 6. The van der Waals surface area contributed by atoms with E-state index in [0.717, 1.165) is 82.4 Å². The summed E-state index contributed by atoms with van der Waals surface area (Å²) in [7, 11) is 4.02. The van der Waals surface area contributed by atoms with Crippen molar-refractivity contribution in [1.29, 1.82) is 0 Å². The van der Waals surface area contributed by atoms with Gasteiger partial charge in [0, 0.05) is 48.5 Å². The molecule has 46 heavy (non-hydrogen) atoms. The summed E-state index contributed by atoms with van der Waals surface area (Å²) in [5, 5.41) is 4.52. The van der Waals surface area contributed by atoms with Crippen LogP contribution in [0.15, 0.2) is 67.1 Å². The van der Waals surface area contributed by atoms with Crippen LogP contribution in [0.1, 0.15) is 72.6 Å². The first kappa shape index (κ1) is 28.4. The number of nitrogens with zero attached hydrogens (tertiary/aromatic N) is 6. The van der Waals surface area contributed by atoms with E-state index in [9.17, 15) is 9.18 Å². The van der Waals surface area contributed by atoms with Gasteiger partial charge in [-0.3, -0.25) is 9.78 Å². The molecule has 8 rings (SSSR count). The number of nitrogens with one attached hydrogen (secondary N) is 1. The minimum Gasteiger partial charge on any atom is -0.368 e. The van der Waals surface area contributed by atoms with Gasteiger partial charge in [-0.05, 0) is 85.5 Å². The number of amides is 1. The summed E-state index contributed by atoms with van der Waals surface area (Å²) in [6.45, 7) is 0. The molecule has 3 N–H and O–H groups in total. The minimum atomic E-state index is -0.559. The van der Waals surface area contributed by atoms with Crippen LogP contribution in [0, 0.1) is 5.82 Å². The van der Waals surface area contributed by atoms with Gasteiger partial charge in [0.2, 0.25) is 5.95 Å². The van der Waals surface area contributed by atoms with Gasteiger partial charge in [0.05, 0.1) is 34.2 Å². The quantitative estimate of drug-likeness (QED) is 0.214. The van der Waals surface area contributed by atoms with Crippen LogP contribution in [0.2, 0.25) is 0 Å². The Bertz CT molecular complexity index is 2120. The maximum Gasteiger partial charge on any atom is 0.252 e. The second-order valence-corrected chi connectivity index (χ2v) is 12.8. The van der Waals surface area contributed by atoms with Crippen molar-refractivity contribution in [2.45, 2.75) is 56.4 Å². The molecular weight excluding hydrogens is 579 g/mol. The Morgan fingerprint density at radius 1 is 0.891 bits per heavy atom. The van der Waals surface area contributed by atoms with E-state index in [2.05, 4.69) is 41.5 Å². The van der Waals surface area contributed by atoms with Crippen LogP contribution in [-0.4, -0.2) is 35.0 Å². The molecule has 0 aliphatic heterocycles. The summed E-state index contributed by atoms with van der Waals surface area (Å²) in [5.74, 6) is 1.01. The Balaban J connectivity index is 1.15. The third kappa shape index (κ3) is 4.54. The molecule has 0 atom stereocenters. The lowest BCUT2D eigenvalue weighted by atomic mass is 9.75. The Morgan fingerprint density at radius 2 is 1.67 bits per heavy atom. The fraction of sp³-hybridized carbons (Fsp3) is 0.306. The molecule has 0 unspecified atom stereocenters. The number of halogens is 1. The van der Waals surface area contributed by atoms with Crippen molar-refractivity contribution in [3.63, 3.8) is 0 Å². The molecule has 2 aliphatic carbocycles. The number of imidazole rings is 1. The molecule has 0 radical (unpaired) electrons. The summed E-state index contributed by atoms with van der Waals surface area (Å²) >= 11 is 0. The molecule has 10 heteroatoms. The summed E-state index contributed by atoms with van der Waals surface area (Å²) in [4.78, 5) is 31.7. The lowest BCUT2D eigenvalue weighted by Crippen LogP contribution is -2.52. The van der Waals surface area contributed by atoms with Crippen molar-refractivity contribution < 1.29 is 9.18 Å². The highest BCUT2D eigenvalue weighted by atomic mass is 19.1. The molecule has 2 aromatic carbocycles. The minimum absolute atomic E-state index is 0.126. The van der Waals surface area contributed by atoms with Gasteiger partial charge in [-0.15, -0.1) is 0 Å². The number of nitrogens with two attached hydrogens (primary N) is 1. The van der Waals surface area contributed by atoms with Gasteiger partial charge in [-0.2, -0.15) is 0 Å². The molecule has 1 amide bonds. The number of carbonyl (C=O) groups is 1. The van der Waals surface area contributed by atoms with E-state index in [0.29, 0.717) is 11.5 Å². The van der Waals surface area contributed by atoms with Crippen molar-refractivity contribution in [2.75, 3.05) is 5.73 Å². The smallest absolute Gasteiger partial charge is 0.252 e. The lowest BCUT2D eigenvalue weighted by Gasteiger charge is -2.41. The van der Waals surface area contributed by atoms with Crippen LogP contribution in [0.3, 0.4) is 0 Å². The highest BCUT2D eigenvalue weighted by Crippen LogP contribution is 2.45. The molecule has 9 nitrogen and oxygen atoms in total. The zero-order chi connectivity index (χ0) is 31.6. The molecule has 2 aliphatic rings. The summed E-state index contributed by atoms with van der Waals surface area (Å²) in [6.07, 6.45) is 12.0. The first-order valence-electron chi connectivity index (χ1n) is 15.9. The molecule has 6 aromatic rings. The van der Waals surface area contributed by atoms with Crippen LogP contribution in [0.4, 0.5) is 10.3 Å². The molecule has 0 spiro atoms. The number of hydrogen-bond acceptors (Lipinski definition) is 6. The van der Waals surface area contributed by atoms with E-state index in [1.165, 1.54) is 30.7 Å². The summed E-state index contributed by atoms with van der Waals surface area (Å²) < 4.78 is 18.0. The number of fused-ring (bicyclic) bond motifs is 2.